The Balaban J connectivity index is 1.53. The van der Waals surface area contributed by atoms with Gasteiger partial charge in [0.1, 0.15) is 5.52 Å². The summed E-state index contributed by atoms with van der Waals surface area (Å²) in [5, 5.41) is 11.4. The molecule has 1 saturated heterocycles. The van der Waals surface area contributed by atoms with Crippen LogP contribution in [0.1, 0.15) is 52.1 Å². The van der Waals surface area contributed by atoms with Crippen LogP contribution in [0, 0.1) is 0 Å². The van der Waals surface area contributed by atoms with Crippen LogP contribution >= 0.6 is 0 Å². The predicted octanol–water partition coefficient (Wildman–Crippen LogP) is 4.06. The lowest BCUT2D eigenvalue weighted by atomic mass is 9.97. The Morgan fingerprint density at radius 2 is 1.82 bits per heavy atom. The second kappa shape index (κ2) is 9.39. The summed E-state index contributed by atoms with van der Waals surface area (Å²) in [6.45, 7) is 1.15. The fourth-order valence-electron chi connectivity index (χ4n) is 4.38. The molecule has 0 unspecified atom stereocenters. The maximum atomic E-state index is 13.5. The largest absolute Gasteiger partial charge is 0.504 e. The first-order valence-electron chi connectivity index (χ1n) is 11.4. The van der Waals surface area contributed by atoms with E-state index in [1.165, 1.54) is 0 Å². The topological polar surface area (TPSA) is 96.3 Å². The molecule has 1 aliphatic heterocycles. The molecular formula is C27H24N4O3. The number of rotatable bonds is 6. The van der Waals surface area contributed by atoms with Crippen LogP contribution in [0.2, 0.25) is 0 Å². The highest BCUT2D eigenvalue weighted by Crippen LogP contribution is 2.28. The van der Waals surface area contributed by atoms with E-state index in [1.54, 1.807) is 36.8 Å². The van der Waals surface area contributed by atoms with Crippen LogP contribution in [0.4, 0.5) is 0 Å². The molecule has 4 aromatic rings. The summed E-state index contributed by atoms with van der Waals surface area (Å²) in [5.41, 5.74) is 3.35. The molecule has 0 bridgehead atoms. The van der Waals surface area contributed by atoms with E-state index in [9.17, 15) is 14.7 Å². The number of piperidine rings is 1. The lowest BCUT2D eigenvalue weighted by Crippen LogP contribution is -2.34. The molecule has 170 valence electrons. The number of carbonyl (C=O) groups excluding carboxylic acids is 2. The van der Waals surface area contributed by atoms with Crippen LogP contribution in [0.3, 0.4) is 0 Å². The van der Waals surface area contributed by atoms with E-state index in [4.69, 9.17) is 0 Å². The molecule has 5 rings (SSSR count). The average molecular weight is 453 g/mol. The average Bonchev–Trinajstić information content (AvgIpc) is 2.86. The molecule has 34 heavy (non-hydrogen) atoms. The molecule has 1 aliphatic rings. The summed E-state index contributed by atoms with van der Waals surface area (Å²) in [4.78, 5) is 40.5. The van der Waals surface area contributed by atoms with Gasteiger partial charge in [0, 0.05) is 61.2 Å². The normalized spacial score (nSPS) is 13.9. The number of benzene rings is 1. The Labute approximate surface area is 197 Å². The molecule has 1 N–H and O–H groups in total. The van der Waals surface area contributed by atoms with Crippen molar-refractivity contribution >= 4 is 22.6 Å². The van der Waals surface area contributed by atoms with Crippen molar-refractivity contribution in [3.63, 3.8) is 0 Å². The third kappa shape index (κ3) is 4.50. The van der Waals surface area contributed by atoms with Crippen molar-refractivity contribution in [2.24, 2.45) is 0 Å². The number of likely N-dealkylation sites (tertiary alicyclic amines) is 1. The lowest BCUT2D eigenvalue weighted by Gasteiger charge is -2.27. The van der Waals surface area contributed by atoms with Crippen LogP contribution < -0.4 is 0 Å². The number of carbonyl (C=O) groups is 2. The van der Waals surface area contributed by atoms with Gasteiger partial charge in [0.2, 0.25) is 11.7 Å². The van der Waals surface area contributed by atoms with E-state index in [-0.39, 0.29) is 23.1 Å². The Kier molecular flexibility index (Phi) is 5.99. The van der Waals surface area contributed by atoms with Crippen molar-refractivity contribution in [1.82, 2.24) is 19.9 Å². The van der Waals surface area contributed by atoms with Gasteiger partial charge in [-0.05, 0) is 60.4 Å². The highest BCUT2D eigenvalue weighted by Gasteiger charge is 2.22. The van der Waals surface area contributed by atoms with E-state index in [2.05, 4.69) is 15.0 Å². The second-order valence-corrected chi connectivity index (χ2v) is 8.53. The number of fused-ring (bicyclic) bond motifs is 1. The lowest BCUT2D eigenvalue weighted by molar-refractivity contribution is -0.133. The maximum absolute atomic E-state index is 13.5. The summed E-state index contributed by atoms with van der Waals surface area (Å²) in [6.07, 6.45) is 7.84. The first-order valence-corrected chi connectivity index (χ1v) is 11.4. The van der Waals surface area contributed by atoms with Crippen LogP contribution in [-0.2, 0) is 17.8 Å². The van der Waals surface area contributed by atoms with Gasteiger partial charge in [-0.25, -0.2) is 4.98 Å². The highest BCUT2D eigenvalue weighted by atomic mass is 16.3. The number of hydrogen-bond donors (Lipinski definition) is 1. The van der Waals surface area contributed by atoms with Gasteiger partial charge in [-0.1, -0.05) is 12.1 Å². The molecule has 4 heterocycles. The van der Waals surface area contributed by atoms with Crippen molar-refractivity contribution in [2.75, 3.05) is 6.54 Å². The maximum Gasteiger partial charge on any atom is 0.222 e. The Morgan fingerprint density at radius 3 is 2.65 bits per heavy atom. The van der Waals surface area contributed by atoms with Gasteiger partial charge in [0.15, 0.2) is 11.4 Å². The molecule has 0 saturated carbocycles. The highest BCUT2D eigenvalue weighted by molar-refractivity contribution is 6.11. The molecular weight excluding hydrogens is 428 g/mol. The predicted molar refractivity (Wildman–Crippen MR) is 127 cm³/mol. The minimum atomic E-state index is -0.390. The number of amides is 1. The Bertz CT molecular complexity index is 1370. The van der Waals surface area contributed by atoms with Crippen molar-refractivity contribution in [1.29, 1.82) is 0 Å². The van der Waals surface area contributed by atoms with Crippen molar-refractivity contribution < 1.29 is 14.7 Å². The van der Waals surface area contributed by atoms with Crippen LogP contribution in [0.15, 0.2) is 67.1 Å². The summed E-state index contributed by atoms with van der Waals surface area (Å²) in [7, 11) is 0. The van der Waals surface area contributed by atoms with E-state index in [0.29, 0.717) is 42.4 Å². The van der Waals surface area contributed by atoms with Gasteiger partial charge < -0.3 is 10.0 Å². The fraction of sp³-hybridized carbons (Fsp3) is 0.222. The second-order valence-electron chi connectivity index (χ2n) is 8.53. The van der Waals surface area contributed by atoms with E-state index in [0.717, 1.165) is 29.7 Å². The summed E-state index contributed by atoms with van der Waals surface area (Å²) in [5.74, 6) is -0.487. The number of pyridine rings is 3. The van der Waals surface area contributed by atoms with Gasteiger partial charge in [-0.3, -0.25) is 19.6 Å². The number of ketones is 1. The molecule has 0 radical (unpaired) electrons. The standard InChI is InChI=1S/C27H24N4O3/c32-23-8-2-4-11-31(23)17-19-12-18(15-22-7-1-3-9-28-22)13-21(14-19)26(33)25-27(34)24-20(16-30-25)6-5-10-29-24/h1,3,5-7,9-10,12-14,16,34H,2,4,8,11,15,17H2. The number of aromatic nitrogens is 3. The molecule has 1 fully saturated rings. The van der Waals surface area contributed by atoms with E-state index >= 15 is 0 Å². The SMILES string of the molecule is O=C(c1cc(Cc2ccccn2)cc(CN2CCCCC2=O)c1)c1ncc2cccnc2c1O. The molecule has 7 nitrogen and oxygen atoms in total. The zero-order chi connectivity index (χ0) is 23.5. The summed E-state index contributed by atoms with van der Waals surface area (Å²) >= 11 is 0. The molecule has 7 heteroatoms. The van der Waals surface area contributed by atoms with Crippen LogP contribution in [0.5, 0.6) is 5.75 Å². The van der Waals surface area contributed by atoms with Gasteiger partial charge in [0.05, 0.1) is 0 Å². The van der Waals surface area contributed by atoms with Gasteiger partial charge in [0.25, 0.3) is 0 Å². The zero-order valence-electron chi connectivity index (χ0n) is 18.6. The van der Waals surface area contributed by atoms with E-state index < -0.39 is 0 Å². The fourth-order valence-corrected chi connectivity index (χ4v) is 4.38. The minimum absolute atomic E-state index is 0.0406. The number of nitrogens with zero attached hydrogens (tertiary/aromatic N) is 4. The summed E-state index contributed by atoms with van der Waals surface area (Å²) in [6, 6.07) is 14.9. The van der Waals surface area contributed by atoms with E-state index in [1.807, 2.05) is 35.2 Å². The quantitative estimate of drug-likeness (QED) is 0.443. The van der Waals surface area contributed by atoms with Gasteiger partial charge in [-0.15, -0.1) is 0 Å². The smallest absolute Gasteiger partial charge is 0.222 e. The molecule has 1 amide bonds. The van der Waals surface area contributed by atoms with Crippen molar-refractivity contribution in [3.05, 3.63) is 95.2 Å². The van der Waals surface area contributed by atoms with Gasteiger partial charge >= 0.3 is 0 Å². The zero-order valence-corrected chi connectivity index (χ0v) is 18.6. The molecule has 0 spiro atoms. The summed E-state index contributed by atoms with van der Waals surface area (Å²) < 4.78 is 0. The Morgan fingerprint density at radius 1 is 0.971 bits per heavy atom. The molecule has 3 aromatic heterocycles. The third-order valence-corrected chi connectivity index (χ3v) is 6.06. The van der Waals surface area contributed by atoms with Crippen LogP contribution in [-0.4, -0.2) is 43.2 Å². The van der Waals surface area contributed by atoms with Crippen molar-refractivity contribution in [2.45, 2.75) is 32.2 Å². The van der Waals surface area contributed by atoms with Crippen molar-refractivity contribution in [3.8, 4) is 5.75 Å². The molecule has 0 aliphatic carbocycles. The number of aromatic hydroxyl groups is 1. The number of hydrogen-bond acceptors (Lipinski definition) is 6. The first kappa shape index (κ1) is 21.7. The Hall–Kier alpha value is -4.13. The third-order valence-electron chi connectivity index (χ3n) is 6.06. The minimum Gasteiger partial charge on any atom is -0.504 e. The van der Waals surface area contributed by atoms with Gasteiger partial charge in [-0.2, -0.15) is 0 Å². The first-order chi connectivity index (χ1) is 16.6. The van der Waals surface area contributed by atoms with Crippen LogP contribution in [0.25, 0.3) is 10.9 Å². The monoisotopic (exact) mass is 452 g/mol. The molecule has 0 atom stereocenters. The molecule has 1 aromatic carbocycles.